The van der Waals surface area contributed by atoms with Crippen LogP contribution in [0.4, 0.5) is 22.7 Å². The van der Waals surface area contributed by atoms with Crippen LogP contribution in [0.1, 0.15) is 141 Å². The molecule has 0 spiro atoms. The lowest BCUT2D eigenvalue weighted by Crippen LogP contribution is -2.40. The van der Waals surface area contributed by atoms with Crippen molar-refractivity contribution < 1.29 is 43.0 Å². The van der Waals surface area contributed by atoms with E-state index in [1.54, 1.807) is 54.7 Å². The molecule has 79 heavy (non-hydrogen) atoms. The number of nitrogens with one attached hydrogen (secondary N) is 2. The number of anilines is 3. The van der Waals surface area contributed by atoms with Crippen molar-refractivity contribution in [1.29, 1.82) is 0 Å². The number of amides is 4. The molecule has 0 saturated heterocycles. The molecule has 9 rings (SSSR count). The molecule has 0 saturated carbocycles. The Hall–Kier alpha value is -6.91. The minimum absolute atomic E-state index is 0.0597. The van der Waals surface area contributed by atoms with Gasteiger partial charge in [0.15, 0.2) is 17.3 Å². The molecule has 0 aliphatic carbocycles. The van der Waals surface area contributed by atoms with Gasteiger partial charge >= 0.3 is 0 Å². The number of rotatable bonds is 23. The Balaban J connectivity index is 0.881. The van der Waals surface area contributed by atoms with Crippen LogP contribution in [-0.4, -0.2) is 76.6 Å². The monoisotopic (exact) mass is 1110 g/mol. The molecular weight excluding hydrogens is 1030 g/mol. The summed E-state index contributed by atoms with van der Waals surface area (Å²) in [5.41, 5.74) is 9.22. The predicted octanol–water partition coefficient (Wildman–Crippen LogP) is 12.1. The summed E-state index contributed by atoms with van der Waals surface area (Å²) in [5, 5.41) is 6.18. The maximum absolute atomic E-state index is 14.2. The Kier molecular flexibility index (Phi) is 17.7. The third-order valence-corrected chi connectivity index (χ3v) is 19.3. The Morgan fingerprint density at radius 2 is 1.46 bits per heavy atom. The lowest BCUT2D eigenvalue weighted by molar-refractivity contribution is -0.129. The molecule has 0 bridgehead atoms. The first-order valence-corrected chi connectivity index (χ1v) is 29.7. The van der Waals surface area contributed by atoms with E-state index in [-0.39, 0.29) is 78.1 Å². The summed E-state index contributed by atoms with van der Waals surface area (Å²) in [7, 11) is 4.99. The van der Waals surface area contributed by atoms with Crippen LogP contribution in [0.5, 0.6) is 17.2 Å². The number of benzene rings is 5. The summed E-state index contributed by atoms with van der Waals surface area (Å²) in [5.74, 6) is -0.0909. The third kappa shape index (κ3) is 13.2. The number of carbonyl (C=O) groups is 6. The fourth-order valence-corrected chi connectivity index (χ4v) is 13.3. The van der Waals surface area contributed by atoms with Crippen LogP contribution in [-0.2, 0) is 51.7 Å². The number of aliphatic imine (C=N–C) groups is 1. The van der Waals surface area contributed by atoms with E-state index in [4.69, 9.17) is 19.2 Å². The van der Waals surface area contributed by atoms with Crippen LogP contribution < -0.4 is 34.6 Å². The number of aryl methyl sites for hydroxylation is 2. The molecule has 16 heteroatoms. The highest BCUT2D eigenvalue weighted by molar-refractivity contribution is 8.77. The van der Waals surface area contributed by atoms with Crippen molar-refractivity contribution in [2.24, 2.45) is 10.9 Å². The van der Waals surface area contributed by atoms with Gasteiger partial charge in [-0.3, -0.25) is 38.7 Å². The lowest BCUT2D eigenvalue weighted by atomic mass is 9.99. The zero-order valence-corrected chi connectivity index (χ0v) is 48.1. The Bertz CT molecular complexity index is 3210. The van der Waals surface area contributed by atoms with Crippen LogP contribution in [0.3, 0.4) is 0 Å². The third-order valence-electron chi connectivity index (χ3n) is 15.3. The summed E-state index contributed by atoms with van der Waals surface area (Å²) >= 11 is 0. The summed E-state index contributed by atoms with van der Waals surface area (Å²) in [4.78, 5) is 89.1. The topological polar surface area (TPSA) is 173 Å². The van der Waals surface area contributed by atoms with E-state index in [1.807, 2.05) is 103 Å². The number of fused-ring (bicyclic) bond motifs is 8. The van der Waals surface area contributed by atoms with Gasteiger partial charge in [0.1, 0.15) is 24.7 Å². The number of nitrogens with zero attached hydrogens (tertiary/aromatic N) is 3. The highest BCUT2D eigenvalue weighted by Crippen LogP contribution is 2.44. The highest BCUT2D eigenvalue weighted by atomic mass is 33.1. The number of hydrogen-bond donors (Lipinski definition) is 2. The van der Waals surface area contributed by atoms with Crippen molar-refractivity contribution >= 4 is 85.7 Å². The first-order chi connectivity index (χ1) is 37.9. The van der Waals surface area contributed by atoms with Gasteiger partial charge in [0.05, 0.1) is 30.4 Å². The number of methoxy groups -OCH3 is 1. The first-order valence-electron chi connectivity index (χ1n) is 27.5. The molecule has 5 aromatic carbocycles. The van der Waals surface area contributed by atoms with Crippen molar-refractivity contribution in [2.45, 2.75) is 154 Å². The fourth-order valence-electron chi connectivity index (χ4n) is 10.7. The minimum atomic E-state index is -0.792. The molecule has 0 fully saturated rings. The molecule has 1 unspecified atom stereocenters. The summed E-state index contributed by atoms with van der Waals surface area (Å²) in [6, 6.07) is 27.9. The number of para-hydroxylation sites is 2. The second kappa shape index (κ2) is 24.6. The molecule has 4 heterocycles. The van der Waals surface area contributed by atoms with Crippen LogP contribution in [0, 0.1) is 12.8 Å². The van der Waals surface area contributed by atoms with Gasteiger partial charge in [-0.25, -0.2) is 0 Å². The highest BCUT2D eigenvalue weighted by Gasteiger charge is 2.39. The quantitative estimate of drug-likeness (QED) is 0.0596. The predicted molar refractivity (Wildman–Crippen MR) is 315 cm³/mol. The first kappa shape index (κ1) is 56.8. The van der Waals surface area contributed by atoms with Crippen molar-refractivity contribution in [3.8, 4) is 17.2 Å². The van der Waals surface area contributed by atoms with Crippen LogP contribution >= 0.6 is 21.6 Å². The minimum Gasteiger partial charge on any atom is -0.493 e. The molecular formula is C63H71N5O9S2. The molecule has 5 atom stereocenters. The maximum Gasteiger partial charge on any atom is 0.261 e. The summed E-state index contributed by atoms with van der Waals surface area (Å²) < 4.78 is 18.7. The van der Waals surface area contributed by atoms with Crippen molar-refractivity contribution in [2.75, 3.05) is 22.2 Å². The van der Waals surface area contributed by atoms with E-state index < -0.39 is 12.0 Å². The molecule has 14 nitrogen and oxygen atoms in total. The number of Topliss-reactive ketones (excluding diaryl/α,β-unsaturated/α-hetero) is 2. The number of carbonyl (C=O) groups excluding carboxylic acids is 6. The lowest BCUT2D eigenvalue weighted by Gasteiger charge is -2.25. The second-order valence-electron chi connectivity index (χ2n) is 22.0. The summed E-state index contributed by atoms with van der Waals surface area (Å²) in [6.45, 7) is 13.6. The molecule has 0 radical (unpaired) electrons. The van der Waals surface area contributed by atoms with Gasteiger partial charge < -0.3 is 29.7 Å². The Labute approximate surface area is 471 Å². The van der Waals surface area contributed by atoms with E-state index in [2.05, 4.69) is 37.5 Å². The van der Waals surface area contributed by atoms with Gasteiger partial charge in [0, 0.05) is 89.0 Å². The molecule has 4 amide bonds. The second-order valence-corrected chi connectivity index (χ2v) is 25.3. The van der Waals surface area contributed by atoms with Gasteiger partial charge in [-0.05, 0) is 142 Å². The molecule has 414 valence electrons. The van der Waals surface area contributed by atoms with E-state index in [1.165, 1.54) is 5.56 Å². The average Bonchev–Trinajstić information content (AvgIpc) is 4.02. The smallest absolute Gasteiger partial charge is 0.261 e. The van der Waals surface area contributed by atoms with Gasteiger partial charge in [-0.15, -0.1) is 0 Å². The SMILES string of the molecule is CCC(=O)CCC(C)SSC(C)(C)CCC(=O)N[C@@H](C)C(=O)C[C@@H](C)C(=O)Nc1cc(COc2cc3c(cc2C)C(=O)N2c4ccccc4C[C@H]2C=N3)cc(COc2cc3c(cc2OC)C(=O)N2c4ccccc4C[C@H]2CC3)c1. The van der Waals surface area contributed by atoms with Crippen molar-refractivity contribution in [3.05, 3.63) is 136 Å². The largest absolute Gasteiger partial charge is 0.493 e. The standard InChI is InChI=1S/C63H71N5O9S2/c1-9-49(69)21-18-39(4)78-79-63(6,7)23-22-59(71)65-40(5)55(70)25-38(3)60(72)66-46-27-41(35-76-56-33-52-51(24-37(56)2)62(74)68-48(34-64-52)30-45-15-11-13-17-54(45)68)26-42(28-46)36-77-58-31-43-19-20-47-29-44-14-10-12-16-53(44)67(47)61(73)50(43)32-57(58)75-8/h10-17,24,26-28,31-34,38-40,47-48H,9,18-23,25,29-30,35-36H2,1-8H3,(H,65,71)(H,66,72)/t38-,39?,40+,47-,48+/m1/s1. The van der Waals surface area contributed by atoms with Gasteiger partial charge in [-0.1, -0.05) is 78.8 Å². The average molecular weight is 1110 g/mol. The Morgan fingerprint density at radius 1 is 0.785 bits per heavy atom. The normalized spacial score (nSPS) is 17.2. The van der Waals surface area contributed by atoms with E-state index in [0.29, 0.717) is 88.2 Å². The molecule has 4 aliphatic heterocycles. The molecule has 5 aromatic rings. The van der Waals surface area contributed by atoms with E-state index in [9.17, 15) is 28.8 Å². The zero-order chi connectivity index (χ0) is 56.1. The molecule has 4 aliphatic rings. The number of ketones is 2. The number of ether oxygens (including phenoxy) is 3. The Morgan fingerprint density at radius 3 is 2.16 bits per heavy atom. The molecule has 0 aromatic heterocycles. The molecule has 2 N–H and O–H groups in total. The van der Waals surface area contributed by atoms with Crippen LogP contribution in [0.25, 0.3) is 0 Å². The van der Waals surface area contributed by atoms with Crippen LogP contribution in [0.15, 0.2) is 96.0 Å². The zero-order valence-electron chi connectivity index (χ0n) is 46.4. The van der Waals surface area contributed by atoms with Gasteiger partial charge in [0.2, 0.25) is 11.8 Å². The van der Waals surface area contributed by atoms with Gasteiger partial charge in [0.25, 0.3) is 11.8 Å². The van der Waals surface area contributed by atoms with E-state index in [0.717, 1.165) is 47.3 Å². The van der Waals surface area contributed by atoms with Crippen molar-refractivity contribution in [3.63, 3.8) is 0 Å². The van der Waals surface area contributed by atoms with Crippen molar-refractivity contribution in [1.82, 2.24) is 5.32 Å². The number of hydrogen-bond acceptors (Lipinski definition) is 12. The summed E-state index contributed by atoms with van der Waals surface area (Å²) in [6.07, 6.45) is 7.49. The van der Waals surface area contributed by atoms with Gasteiger partial charge in [-0.2, -0.15) is 0 Å². The van der Waals surface area contributed by atoms with Crippen LogP contribution in [0.2, 0.25) is 0 Å². The maximum atomic E-state index is 14.2. The van der Waals surface area contributed by atoms with E-state index >= 15 is 0 Å². The fraction of sp³-hybridized carbons (Fsp3) is 0.413.